The van der Waals surface area contributed by atoms with E-state index in [0.717, 1.165) is 16.4 Å². The van der Waals surface area contributed by atoms with Crippen molar-refractivity contribution in [2.75, 3.05) is 0 Å². The number of oxazole rings is 1. The molecule has 2 aromatic rings. The molecule has 0 radical (unpaired) electrons. The van der Waals surface area contributed by atoms with Gasteiger partial charge in [-0.2, -0.15) is 0 Å². The highest BCUT2D eigenvalue weighted by molar-refractivity contribution is 9.10. The first-order valence-electron chi connectivity index (χ1n) is 5.24. The maximum Gasteiger partial charge on any atom is 0.247 e. The van der Waals surface area contributed by atoms with E-state index < -0.39 is 0 Å². The molecule has 16 heavy (non-hydrogen) atoms. The van der Waals surface area contributed by atoms with Crippen molar-refractivity contribution >= 4 is 27.2 Å². The first-order chi connectivity index (χ1) is 7.56. The first-order valence-corrected chi connectivity index (χ1v) is 6.03. The number of nitrogens with two attached hydrogens (primary N) is 1. The zero-order valence-corrected chi connectivity index (χ0v) is 10.9. The molecule has 0 amide bonds. The fourth-order valence-corrected chi connectivity index (χ4v) is 1.90. The van der Waals surface area contributed by atoms with E-state index in [2.05, 4.69) is 39.7 Å². The predicted octanol–water partition coefficient (Wildman–Crippen LogP) is 3.03. The van der Waals surface area contributed by atoms with Crippen molar-refractivity contribution < 1.29 is 4.42 Å². The van der Waals surface area contributed by atoms with Crippen LogP contribution in [0.25, 0.3) is 11.2 Å². The lowest BCUT2D eigenvalue weighted by molar-refractivity contribution is 0.414. The largest absolute Gasteiger partial charge is 0.421 e. The van der Waals surface area contributed by atoms with E-state index in [1.165, 1.54) is 0 Å². The van der Waals surface area contributed by atoms with Crippen molar-refractivity contribution in [2.24, 2.45) is 11.7 Å². The Balaban J connectivity index is 2.32. The maximum atomic E-state index is 6.00. The van der Waals surface area contributed by atoms with Gasteiger partial charge in [-0.25, -0.2) is 9.97 Å². The van der Waals surface area contributed by atoms with Gasteiger partial charge in [0.15, 0.2) is 0 Å². The topological polar surface area (TPSA) is 64.9 Å². The second-order valence-corrected chi connectivity index (χ2v) is 5.18. The number of fused-ring (bicyclic) bond motifs is 1. The molecule has 4 nitrogen and oxygen atoms in total. The van der Waals surface area contributed by atoms with Crippen LogP contribution < -0.4 is 5.73 Å². The van der Waals surface area contributed by atoms with Crippen LogP contribution in [0, 0.1) is 5.92 Å². The van der Waals surface area contributed by atoms with Gasteiger partial charge in [0.2, 0.25) is 11.6 Å². The van der Waals surface area contributed by atoms with E-state index in [1.807, 2.05) is 6.07 Å². The average molecular weight is 284 g/mol. The van der Waals surface area contributed by atoms with Gasteiger partial charge in [0.1, 0.15) is 5.52 Å². The van der Waals surface area contributed by atoms with E-state index in [4.69, 9.17) is 10.2 Å². The first kappa shape index (κ1) is 11.5. The molecule has 1 unspecified atom stereocenters. The molecule has 0 aliphatic carbocycles. The fraction of sp³-hybridized carbons (Fsp3) is 0.455. The van der Waals surface area contributed by atoms with Crippen LogP contribution in [0.5, 0.6) is 0 Å². The number of rotatable bonds is 3. The third kappa shape index (κ3) is 2.41. The summed E-state index contributed by atoms with van der Waals surface area (Å²) in [5.74, 6) is 1.08. The van der Waals surface area contributed by atoms with Gasteiger partial charge < -0.3 is 10.2 Å². The van der Waals surface area contributed by atoms with Crippen molar-refractivity contribution in [1.29, 1.82) is 0 Å². The average Bonchev–Trinajstić information content (AvgIpc) is 2.59. The second kappa shape index (κ2) is 4.51. The van der Waals surface area contributed by atoms with Crippen molar-refractivity contribution in [3.05, 3.63) is 22.6 Å². The number of halogens is 1. The van der Waals surface area contributed by atoms with Crippen LogP contribution in [0.1, 0.15) is 32.2 Å². The predicted molar refractivity (Wildman–Crippen MR) is 65.9 cm³/mol. The Labute approximate surface area is 102 Å². The molecule has 0 spiro atoms. The highest BCUT2D eigenvalue weighted by Crippen LogP contribution is 2.23. The standard InChI is InChI=1S/C11H14BrN3O/c1-6(2)3-8(13)10-15-9-4-7(12)5-14-11(9)16-10/h4-6,8H,3,13H2,1-2H3. The maximum absolute atomic E-state index is 6.00. The van der Waals surface area contributed by atoms with E-state index in [9.17, 15) is 0 Å². The van der Waals surface area contributed by atoms with Gasteiger partial charge in [-0.3, -0.25) is 0 Å². The number of nitrogens with zero attached hydrogens (tertiary/aromatic N) is 2. The summed E-state index contributed by atoms with van der Waals surface area (Å²) in [6, 6.07) is 1.71. The molecule has 2 heterocycles. The van der Waals surface area contributed by atoms with E-state index in [0.29, 0.717) is 17.5 Å². The highest BCUT2D eigenvalue weighted by Gasteiger charge is 2.15. The molecular weight excluding hydrogens is 270 g/mol. The number of pyridine rings is 1. The van der Waals surface area contributed by atoms with Gasteiger partial charge >= 0.3 is 0 Å². The third-order valence-corrected chi connectivity index (χ3v) is 2.71. The van der Waals surface area contributed by atoms with Gasteiger partial charge in [-0.15, -0.1) is 0 Å². The molecule has 0 fully saturated rings. The minimum atomic E-state index is -0.159. The van der Waals surface area contributed by atoms with Crippen LogP contribution >= 0.6 is 15.9 Å². The van der Waals surface area contributed by atoms with Gasteiger partial charge in [-0.1, -0.05) is 13.8 Å². The quantitative estimate of drug-likeness (QED) is 0.940. The van der Waals surface area contributed by atoms with E-state index in [1.54, 1.807) is 6.20 Å². The van der Waals surface area contributed by atoms with Crippen LogP contribution in [-0.2, 0) is 0 Å². The molecule has 86 valence electrons. The van der Waals surface area contributed by atoms with Crippen LogP contribution in [0.15, 0.2) is 21.2 Å². The van der Waals surface area contributed by atoms with Gasteiger partial charge in [0.05, 0.1) is 6.04 Å². The molecule has 2 N–H and O–H groups in total. The highest BCUT2D eigenvalue weighted by atomic mass is 79.9. The minimum Gasteiger partial charge on any atom is -0.421 e. The van der Waals surface area contributed by atoms with Crippen molar-refractivity contribution in [3.8, 4) is 0 Å². The molecule has 0 saturated heterocycles. The lowest BCUT2D eigenvalue weighted by Gasteiger charge is -2.09. The molecule has 0 aromatic carbocycles. The van der Waals surface area contributed by atoms with E-state index >= 15 is 0 Å². The lowest BCUT2D eigenvalue weighted by atomic mass is 10.0. The number of hydrogen-bond acceptors (Lipinski definition) is 4. The summed E-state index contributed by atoms with van der Waals surface area (Å²) in [5.41, 5.74) is 7.28. The molecule has 1 atom stereocenters. The summed E-state index contributed by atoms with van der Waals surface area (Å²) in [4.78, 5) is 8.47. The van der Waals surface area contributed by atoms with E-state index in [-0.39, 0.29) is 6.04 Å². The number of hydrogen-bond donors (Lipinski definition) is 1. The Morgan fingerprint density at radius 3 is 2.94 bits per heavy atom. The normalized spacial score (nSPS) is 13.6. The molecule has 0 bridgehead atoms. The van der Waals surface area contributed by atoms with Crippen molar-refractivity contribution in [2.45, 2.75) is 26.3 Å². The van der Waals surface area contributed by atoms with Crippen LogP contribution in [0.4, 0.5) is 0 Å². The Hall–Kier alpha value is -0.940. The Kier molecular flexibility index (Phi) is 3.25. The van der Waals surface area contributed by atoms with Gasteiger partial charge in [0, 0.05) is 10.7 Å². The monoisotopic (exact) mass is 283 g/mol. The zero-order valence-electron chi connectivity index (χ0n) is 9.27. The fourth-order valence-electron chi connectivity index (χ4n) is 1.58. The van der Waals surface area contributed by atoms with Crippen molar-refractivity contribution in [3.63, 3.8) is 0 Å². The third-order valence-electron chi connectivity index (χ3n) is 2.27. The molecule has 0 aliphatic heterocycles. The smallest absolute Gasteiger partial charge is 0.247 e. The summed E-state index contributed by atoms with van der Waals surface area (Å²) in [7, 11) is 0. The minimum absolute atomic E-state index is 0.159. The van der Waals surface area contributed by atoms with Gasteiger partial charge in [-0.05, 0) is 34.3 Å². The zero-order chi connectivity index (χ0) is 11.7. The summed E-state index contributed by atoms with van der Waals surface area (Å²) >= 11 is 3.34. The summed E-state index contributed by atoms with van der Waals surface area (Å²) in [6.45, 7) is 4.24. The Morgan fingerprint density at radius 2 is 2.25 bits per heavy atom. The van der Waals surface area contributed by atoms with Crippen molar-refractivity contribution in [1.82, 2.24) is 9.97 Å². The van der Waals surface area contributed by atoms with Crippen LogP contribution in [0.3, 0.4) is 0 Å². The van der Waals surface area contributed by atoms with Crippen LogP contribution in [-0.4, -0.2) is 9.97 Å². The summed E-state index contributed by atoms with van der Waals surface area (Å²) in [5, 5.41) is 0. The molecular formula is C11H14BrN3O. The molecule has 0 saturated carbocycles. The molecule has 2 aromatic heterocycles. The van der Waals surface area contributed by atoms with Gasteiger partial charge in [0.25, 0.3) is 0 Å². The summed E-state index contributed by atoms with van der Waals surface area (Å²) < 4.78 is 6.40. The lowest BCUT2D eigenvalue weighted by Crippen LogP contribution is -2.13. The Morgan fingerprint density at radius 1 is 1.50 bits per heavy atom. The second-order valence-electron chi connectivity index (χ2n) is 4.27. The molecule has 2 rings (SSSR count). The Bertz CT molecular complexity index is 495. The molecule has 0 aliphatic rings. The summed E-state index contributed by atoms with van der Waals surface area (Å²) in [6.07, 6.45) is 2.54. The number of aromatic nitrogens is 2. The molecule has 5 heteroatoms. The SMILES string of the molecule is CC(C)CC(N)c1nc2cc(Br)cnc2o1. The van der Waals surface area contributed by atoms with Crippen LogP contribution in [0.2, 0.25) is 0 Å².